The summed E-state index contributed by atoms with van der Waals surface area (Å²) >= 11 is 0. The molecular formula is C16H25NO3. The van der Waals surface area contributed by atoms with Crippen LogP contribution < -0.4 is 10.1 Å². The lowest BCUT2D eigenvalue weighted by atomic mass is 10.0. The molecule has 4 nitrogen and oxygen atoms in total. The van der Waals surface area contributed by atoms with E-state index >= 15 is 0 Å². The van der Waals surface area contributed by atoms with Gasteiger partial charge in [0.2, 0.25) is 0 Å². The van der Waals surface area contributed by atoms with Gasteiger partial charge in [0.05, 0.1) is 12.2 Å². The van der Waals surface area contributed by atoms with E-state index in [-0.39, 0.29) is 12.5 Å². The fraction of sp³-hybridized carbons (Fsp3) is 0.562. The number of hydrogen-bond acceptors (Lipinski definition) is 3. The molecule has 0 radical (unpaired) electrons. The number of amides is 1. The van der Waals surface area contributed by atoms with E-state index in [0.29, 0.717) is 18.6 Å². The molecule has 0 fully saturated rings. The molecule has 1 atom stereocenters. The predicted molar refractivity (Wildman–Crippen MR) is 80.1 cm³/mol. The van der Waals surface area contributed by atoms with Crippen molar-refractivity contribution in [2.45, 2.75) is 45.6 Å². The van der Waals surface area contributed by atoms with E-state index in [1.165, 1.54) is 0 Å². The maximum atomic E-state index is 12.0. The minimum absolute atomic E-state index is 0.177. The summed E-state index contributed by atoms with van der Waals surface area (Å²) in [5, 5.41) is 12.8. The van der Waals surface area contributed by atoms with Gasteiger partial charge in [-0.15, -0.1) is 0 Å². The third-order valence-electron chi connectivity index (χ3n) is 3.01. The Morgan fingerprint density at radius 2 is 1.90 bits per heavy atom. The Morgan fingerprint density at radius 1 is 1.25 bits per heavy atom. The van der Waals surface area contributed by atoms with Crippen LogP contribution in [-0.2, 0) is 0 Å². The fourth-order valence-electron chi connectivity index (χ4n) is 1.92. The lowest BCUT2D eigenvalue weighted by Crippen LogP contribution is -2.40. The summed E-state index contributed by atoms with van der Waals surface area (Å²) in [6.07, 6.45) is 2.50. The van der Waals surface area contributed by atoms with Crippen LogP contribution in [0.3, 0.4) is 0 Å². The first-order valence-electron chi connectivity index (χ1n) is 7.22. The molecule has 0 aliphatic heterocycles. The zero-order valence-corrected chi connectivity index (χ0v) is 12.6. The van der Waals surface area contributed by atoms with E-state index in [1.807, 2.05) is 13.8 Å². The molecule has 1 aromatic carbocycles. The van der Waals surface area contributed by atoms with Crippen LogP contribution in [0.15, 0.2) is 24.3 Å². The monoisotopic (exact) mass is 279 g/mol. The van der Waals surface area contributed by atoms with E-state index in [1.54, 1.807) is 31.2 Å². The number of aliphatic hydroxyl groups is 1. The van der Waals surface area contributed by atoms with Crippen LogP contribution in [0, 0.1) is 0 Å². The van der Waals surface area contributed by atoms with Crippen molar-refractivity contribution in [3.05, 3.63) is 29.8 Å². The molecule has 112 valence electrons. The summed E-state index contributed by atoms with van der Waals surface area (Å²) in [6, 6.07) is 7.03. The maximum Gasteiger partial charge on any atom is 0.251 e. The second kappa shape index (κ2) is 7.90. The number of benzene rings is 1. The van der Waals surface area contributed by atoms with E-state index in [4.69, 9.17) is 4.74 Å². The topological polar surface area (TPSA) is 58.6 Å². The molecule has 0 bridgehead atoms. The summed E-state index contributed by atoms with van der Waals surface area (Å²) in [6.45, 7) is 6.72. The Bertz CT molecular complexity index is 412. The van der Waals surface area contributed by atoms with Crippen LogP contribution in [0.4, 0.5) is 0 Å². The van der Waals surface area contributed by atoms with Gasteiger partial charge in [-0.2, -0.15) is 0 Å². The highest BCUT2D eigenvalue weighted by Gasteiger charge is 2.20. The molecule has 1 rings (SSSR count). The van der Waals surface area contributed by atoms with Gasteiger partial charge < -0.3 is 15.2 Å². The largest absolute Gasteiger partial charge is 0.494 e. The number of hydrogen-bond donors (Lipinski definition) is 2. The first-order valence-corrected chi connectivity index (χ1v) is 7.22. The molecule has 1 amide bonds. The van der Waals surface area contributed by atoms with Gasteiger partial charge in [-0.05, 0) is 44.0 Å². The second-order valence-electron chi connectivity index (χ2n) is 5.30. The number of ether oxygens (including phenoxy) is 1. The van der Waals surface area contributed by atoms with Gasteiger partial charge in [-0.3, -0.25) is 4.79 Å². The average molecular weight is 279 g/mol. The third kappa shape index (κ3) is 5.61. The van der Waals surface area contributed by atoms with Crippen molar-refractivity contribution in [3.63, 3.8) is 0 Å². The van der Waals surface area contributed by atoms with Crippen molar-refractivity contribution < 1.29 is 14.6 Å². The third-order valence-corrected chi connectivity index (χ3v) is 3.01. The van der Waals surface area contributed by atoms with Crippen molar-refractivity contribution in [2.75, 3.05) is 13.2 Å². The lowest BCUT2D eigenvalue weighted by molar-refractivity contribution is 0.0469. The normalized spacial score (nSPS) is 13.6. The van der Waals surface area contributed by atoms with E-state index in [0.717, 1.165) is 18.6 Å². The SMILES string of the molecule is CCCOc1ccc(C(=O)NCC(C)(O)CCC)cc1. The molecule has 0 aliphatic carbocycles. The summed E-state index contributed by atoms with van der Waals surface area (Å²) in [5.41, 5.74) is -0.282. The van der Waals surface area contributed by atoms with Crippen molar-refractivity contribution in [1.82, 2.24) is 5.32 Å². The quantitative estimate of drug-likeness (QED) is 0.769. The molecule has 1 unspecified atom stereocenters. The molecule has 0 aromatic heterocycles. The number of carbonyl (C=O) groups excluding carboxylic acids is 1. The Balaban J connectivity index is 2.51. The highest BCUT2D eigenvalue weighted by atomic mass is 16.5. The van der Waals surface area contributed by atoms with Crippen molar-refractivity contribution in [3.8, 4) is 5.75 Å². The Morgan fingerprint density at radius 3 is 2.45 bits per heavy atom. The molecule has 4 heteroatoms. The molecule has 0 saturated carbocycles. The summed E-state index contributed by atoms with van der Waals surface area (Å²) in [4.78, 5) is 12.0. The van der Waals surface area contributed by atoms with Crippen LogP contribution in [0.2, 0.25) is 0 Å². The fourth-order valence-corrected chi connectivity index (χ4v) is 1.92. The van der Waals surface area contributed by atoms with Gasteiger partial charge in [0.25, 0.3) is 5.91 Å². The van der Waals surface area contributed by atoms with Crippen LogP contribution in [0.1, 0.15) is 50.4 Å². The van der Waals surface area contributed by atoms with Crippen LogP contribution in [0.25, 0.3) is 0 Å². The average Bonchev–Trinajstić information content (AvgIpc) is 2.43. The molecule has 2 N–H and O–H groups in total. The first-order chi connectivity index (χ1) is 9.48. The van der Waals surface area contributed by atoms with Gasteiger partial charge in [0.1, 0.15) is 5.75 Å². The molecule has 0 saturated heterocycles. The highest BCUT2D eigenvalue weighted by molar-refractivity contribution is 5.94. The molecule has 1 aromatic rings. The Hall–Kier alpha value is -1.55. The summed E-state index contributed by atoms with van der Waals surface area (Å²) in [5.74, 6) is 0.588. The Kier molecular flexibility index (Phi) is 6.52. The van der Waals surface area contributed by atoms with Crippen molar-refractivity contribution >= 4 is 5.91 Å². The lowest BCUT2D eigenvalue weighted by Gasteiger charge is -2.22. The molecule has 0 spiro atoms. The molecular weight excluding hydrogens is 254 g/mol. The predicted octanol–water partition coefficient (Wildman–Crippen LogP) is 2.76. The van der Waals surface area contributed by atoms with Crippen LogP contribution in [-0.4, -0.2) is 29.8 Å². The maximum absolute atomic E-state index is 12.0. The zero-order valence-electron chi connectivity index (χ0n) is 12.6. The minimum Gasteiger partial charge on any atom is -0.494 e. The molecule has 20 heavy (non-hydrogen) atoms. The highest BCUT2D eigenvalue weighted by Crippen LogP contribution is 2.13. The van der Waals surface area contributed by atoms with Gasteiger partial charge in [-0.25, -0.2) is 0 Å². The van der Waals surface area contributed by atoms with E-state index in [9.17, 15) is 9.90 Å². The second-order valence-corrected chi connectivity index (χ2v) is 5.30. The van der Waals surface area contributed by atoms with Gasteiger partial charge in [-0.1, -0.05) is 20.3 Å². The smallest absolute Gasteiger partial charge is 0.251 e. The number of nitrogens with one attached hydrogen (secondary N) is 1. The molecule has 0 aliphatic rings. The number of carbonyl (C=O) groups is 1. The zero-order chi connectivity index (χ0) is 15.0. The summed E-state index contributed by atoms with van der Waals surface area (Å²) in [7, 11) is 0. The Labute approximate surface area is 121 Å². The summed E-state index contributed by atoms with van der Waals surface area (Å²) < 4.78 is 5.46. The van der Waals surface area contributed by atoms with Gasteiger partial charge in [0, 0.05) is 12.1 Å². The van der Waals surface area contributed by atoms with Gasteiger partial charge >= 0.3 is 0 Å². The standard InChI is InChI=1S/C16H25NO3/c1-4-10-16(3,19)12-17-15(18)13-6-8-14(9-7-13)20-11-5-2/h6-9,19H,4-5,10-12H2,1-3H3,(H,17,18). The van der Waals surface area contributed by atoms with Crippen LogP contribution >= 0.6 is 0 Å². The number of rotatable bonds is 8. The van der Waals surface area contributed by atoms with E-state index in [2.05, 4.69) is 5.32 Å². The van der Waals surface area contributed by atoms with Crippen LogP contribution in [0.5, 0.6) is 5.75 Å². The first kappa shape index (κ1) is 16.5. The van der Waals surface area contributed by atoms with Gasteiger partial charge in [0.15, 0.2) is 0 Å². The molecule has 0 heterocycles. The minimum atomic E-state index is -0.853. The van der Waals surface area contributed by atoms with E-state index < -0.39 is 5.60 Å². The van der Waals surface area contributed by atoms with Crippen molar-refractivity contribution in [1.29, 1.82) is 0 Å². The van der Waals surface area contributed by atoms with Crippen molar-refractivity contribution in [2.24, 2.45) is 0 Å².